The van der Waals surface area contributed by atoms with Gasteiger partial charge in [0, 0.05) is 16.7 Å². The number of rotatable bonds is 5. The van der Waals surface area contributed by atoms with E-state index in [1.807, 2.05) is 6.08 Å². The van der Waals surface area contributed by atoms with Gasteiger partial charge in [-0.15, -0.1) is 0 Å². The Hall–Kier alpha value is -1.44. The molecule has 1 heterocycles. The van der Waals surface area contributed by atoms with Gasteiger partial charge >= 0.3 is 0 Å². The van der Waals surface area contributed by atoms with Crippen LogP contribution in [0.3, 0.4) is 0 Å². The summed E-state index contributed by atoms with van der Waals surface area (Å²) in [6.07, 6.45) is 8.87. The Morgan fingerprint density at radius 2 is 2.00 bits per heavy atom. The number of hydrogen-bond acceptors (Lipinski definition) is 2. The van der Waals surface area contributed by atoms with Gasteiger partial charge in [-0.25, -0.2) is 9.97 Å². The summed E-state index contributed by atoms with van der Waals surface area (Å²) in [6.45, 7) is 12.4. The molecule has 1 aromatic rings. The van der Waals surface area contributed by atoms with E-state index in [2.05, 4.69) is 40.3 Å². The molecule has 0 aromatic carbocycles. The lowest BCUT2D eigenvalue weighted by atomic mass is 9.98. The molecule has 0 atom stereocenters. The summed E-state index contributed by atoms with van der Waals surface area (Å²) in [5.74, 6) is 1.03. The van der Waals surface area contributed by atoms with Crippen LogP contribution in [0.4, 0.5) is 0 Å². The van der Waals surface area contributed by atoms with E-state index >= 15 is 0 Å². The summed E-state index contributed by atoms with van der Waals surface area (Å²) in [6, 6.07) is 0. The topological polar surface area (TPSA) is 25.8 Å². The van der Waals surface area contributed by atoms with Crippen LogP contribution in [-0.4, -0.2) is 9.97 Å². The van der Waals surface area contributed by atoms with Crippen molar-refractivity contribution in [3.63, 3.8) is 0 Å². The van der Waals surface area contributed by atoms with Crippen LogP contribution in [0.25, 0.3) is 12.2 Å². The Morgan fingerprint density at radius 3 is 2.47 bits per heavy atom. The molecule has 0 amide bonds. The minimum absolute atomic E-state index is 0.265. The van der Waals surface area contributed by atoms with Crippen LogP contribution in [0.15, 0.2) is 12.2 Å². The van der Waals surface area contributed by atoms with E-state index in [1.165, 1.54) is 31.3 Å². The predicted molar refractivity (Wildman–Crippen MR) is 82.0 cm³/mol. The maximum absolute atomic E-state index is 4.78. The van der Waals surface area contributed by atoms with Gasteiger partial charge < -0.3 is 0 Å². The highest BCUT2D eigenvalue weighted by molar-refractivity contribution is 5.64. The molecule has 2 heteroatoms. The van der Waals surface area contributed by atoms with Crippen LogP contribution in [0.1, 0.15) is 69.2 Å². The molecule has 1 aromatic heterocycles. The molecule has 0 bridgehead atoms. The van der Waals surface area contributed by atoms with Gasteiger partial charge in [-0.3, -0.25) is 0 Å². The van der Waals surface area contributed by atoms with Gasteiger partial charge in [-0.2, -0.15) is 0 Å². The summed E-state index contributed by atoms with van der Waals surface area (Å²) in [5, 5.41) is 0. The van der Waals surface area contributed by atoms with Crippen molar-refractivity contribution in [1.29, 1.82) is 0 Å². The molecule has 0 N–H and O–H groups in total. The predicted octanol–water partition coefficient (Wildman–Crippen LogP) is 4.68. The van der Waals surface area contributed by atoms with E-state index < -0.39 is 0 Å². The molecule has 102 valence electrons. The number of aryl methyl sites for hydroxylation is 1. The van der Waals surface area contributed by atoms with E-state index in [4.69, 9.17) is 9.97 Å². The van der Waals surface area contributed by atoms with Crippen molar-refractivity contribution in [2.45, 2.75) is 58.8 Å². The molecule has 19 heavy (non-hydrogen) atoms. The number of allylic oxidation sites excluding steroid dienone is 1. The normalized spacial score (nSPS) is 16.0. The average Bonchev–Trinajstić information content (AvgIpc) is 3.12. The molecule has 2 nitrogen and oxygen atoms in total. The van der Waals surface area contributed by atoms with Gasteiger partial charge in [0.15, 0.2) is 0 Å². The van der Waals surface area contributed by atoms with Gasteiger partial charge in [0.05, 0.1) is 5.69 Å². The molecular formula is C17H24N2. The fourth-order valence-electron chi connectivity index (χ4n) is 2.68. The van der Waals surface area contributed by atoms with Crippen LogP contribution in [-0.2, 0) is 5.41 Å². The summed E-state index contributed by atoms with van der Waals surface area (Å²) < 4.78 is 0. The maximum atomic E-state index is 4.78. The van der Waals surface area contributed by atoms with Crippen LogP contribution in [0.5, 0.6) is 0 Å². The minimum atomic E-state index is 0.265. The molecule has 0 unspecified atom stereocenters. The fraction of sp³-hybridized carbons (Fsp3) is 0.529. The lowest BCUT2D eigenvalue weighted by molar-refractivity contribution is 0.566. The summed E-state index contributed by atoms with van der Waals surface area (Å²) in [5.41, 5.74) is 4.69. The van der Waals surface area contributed by atoms with E-state index in [0.717, 1.165) is 22.8 Å². The molecule has 1 aliphatic rings. The minimum Gasteiger partial charge on any atom is -0.237 e. The van der Waals surface area contributed by atoms with Crippen LogP contribution in [0.2, 0.25) is 0 Å². The Balaban J connectivity index is 2.48. The van der Waals surface area contributed by atoms with Crippen molar-refractivity contribution in [2.24, 2.45) is 0 Å². The standard InChI is InChI=1S/C17H24N2/c1-6-8-17(9-10-17)16-18-13(5)14(11-12(3)4)15(7-2)19-16/h7,11H,2,6,8-10H2,1,3-5H3. The molecule has 1 fully saturated rings. The van der Waals surface area contributed by atoms with Crippen LogP contribution in [0, 0.1) is 6.92 Å². The first-order valence-corrected chi connectivity index (χ1v) is 7.19. The summed E-state index contributed by atoms with van der Waals surface area (Å²) >= 11 is 0. The van der Waals surface area contributed by atoms with Crippen molar-refractivity contribution in [1.82, 2.24) is 9.97 Å². The highest BCUT2D eigenvalue weighted by Gasteiger charge is 2.46. The van der Waals surface area contributed by atoms with E-state index in [0.29, 0.717) is 0 Å². The molecule has 2 rings (SSSR count). The first kappa shape index (κ1) is 14.0. The third-order valence-corrected chi connectivity index (χ3v) is 3.85. The smallest absolute Gasteiger partial charge is 0.135 e. The second-order valence-electron chi connectivity index (χ2n) is 5.89. The van der Waals surface area contributed by atoms with E-state index in [1.54, 1.807) is 0 Å². The summed E-state index contributed by atoms with van der Waals surface area (Å²) in [4.78, 5) is 9.57. The third kappa shape index (κ3) is 2.78. The zero-order chi connectivity index (χ0) is 14.0. The van der Waals surface area contributed by atoms with E-state index in [-0.39, 0.29) is 5.41 Å². The molecule has 1 aliphatic carbocycles. The van der Waals surface area contributed by atoms with Crippen molar-refractivity contribution >= 4 is 12.2 Å². The lowest BCUT2D eigenvalue weighted by Gasteiger charge is -2.16. The van der Waals surface area contributed by atoms with Gasteiger partial charge in [-0.1, -0.05) is 31.6 Å². The molecule has 0 spiro atoms. The Morgan fingerprint density at radius 1 is 1.32 bits per heavy atom. The summed E-state index contributed by atoms with van der Waals surface area (Å²) in [7, 11) is 0. The first-order chi connectivity index (χ1) is 9.02. The first-order valence-electron chi connectivity index (χ1n) is 7.19. The SMILES string of the molecule is C=Cc1nc(C2(CCC)CC2)nc(C)c1C=C(C)C. The Kier molecular flexibility index (Phi) is 3.88. The monoisotopic (exact) mass is 256 g/mol. The van der Waals surface area contributed by atoms with Gasteiger partial charge in [-0.05, 0) is 46.1 Å². The van der Waals surface area contributed by atoms with Crippen LogP contribution >= 0.6 is 0 Å². The Labute approximate surface area is 116 Å². The molecule has 0 aliphatic heterocycles. The number of hydrogen-bond donors (Lipinski definition) is 0. The largest absolute Gasteiger partial charge is 0.237 e. The van der Waals surface area contributed by atoms with E-state index in [9.17, 15) is 0 Å². The van der Waals surface area contributed by atoms with Gasteiger partial charge in [0.1, 0.15) is 5.82 Å². The lowest BCUT2D eigenvalue weighted by Crippen LogP contribution is -2.14. The highest BCUT2D eigenvalue weighted by atomic mass is 14.9. The quantitative estimate of drug-likeness (QED) is 0.764. The fourth-order valence-corrected chi connectivity index (χ4v) is 2.68. The average molecular weight is 256 g/mol. The third-order valence-electron chi connectivity index (χ3n) is 3.85. The zero-order valence-corrected chi connectivity index (χ0v) is 12.6. The number of aromatic nitrogens is 2. The zero-order valence-electron chi connectivity index (χ0n) is 12.6. The maximum Gasteiger partial charge on any atom is 0.135 e. The van der Waals surface area contributed by atoms with Gasteiger partial charge in [0.2, 0.25) is 0 Å². The molecule has 0 saturated heterocycles. The second kappa shape index (κ2) is 5.28. The highest BCUT2D eigenvalue weighted by Crippen LogP contribution is 2.50. The van der Waals surface area contributed by atoms with Crippen LogP contribution < -0.4 is 0 Å². The van der Waals surface area contributed by atoms with Crippen molar-refractivity contribution in [3.05, 3.63) is 34.9 Å². The molecule has 1 saturated carbocycles. The molecular weight excluding hydrogens is 232 g/mol. The van der Waals surface area contributed by atoms with Crippen molar-refractivity contribution in [3.8, 4) is 0 Å². The second-order valence-corrected chi connectivity index (χ2v) is 5.89. The molecule has 0 radical (unpaired) electrons. The Bertz CT molecular complexity index is 518. The number of nitrogens with zero attached hydrogens (tertiary/aromatic N) is 2. The van der Waals surface area contributed by atoms with Gasteiger partial charge in [0.25, 0.3) is 0 Å². The van der Waals surface area contributed by atoms with Crippen molar-refractivity contribution < 1.29 is 0 Å². The van der Waals surface area contributed by atoms with Crippen molar-refractivity contribution in [2.75, 3.05) is 0 Å².